The highest BCUT2D eigenvalue weighted by molar-refractivity contribution is 6.46. The first-order valence-corrected chi connectivity index (χ1v) is 9.36. The smallest absolute Gasteiger partial charge is 0.282 e. The monoisotopic (exact) mass is 400 g/mol. The van der Waals surface area contributed by atoms with E-state index in [1.165, 1.54) is 37.4 Å². The number of halogens is 2. The Morgan fingerprint density at radius 3 is 2.32 bits per heavy atom. The minimum Gasteiger partial charge on any atom is -0.495 e. The van der Waals surface area contributed by atoms with Gasteiger partial charge in [-0.05, 0) is 48.7 Å². The molecule has 2 aromatic rings. The maximum atomic E-state index is 13.4. The molecule has 0 aliphatic carbocycles. The van der Waals surface area contributed by atoms with Crippen molar-refractivity contribution in [2.75, 3.05) is 25.1 Å². The number of likely N-dealkylation sites (tertiary alicyclic amines) is 1. The number of carbonyl (C=O) groups is 2. The van der Waals surface area contributed by atoms with Crippen molar-refractivity contribution in [3.8, 4) is 5.75 Å². The standard InChI is InChI=1S/C21H18ClFN2O3/c1-28-17-9-6-14(22)12-16(17)25-20(26)18(13-4-7-15(23)8-5-13)19(21(25)27)24-10-2-3-11-24/h4-9,12H,2-3,10-11H2,1H3. The molecule has 0 radical (unpaired) electrons. The molecular formula is C21H18ClFN2O3. The lowest BCUT2D eigenvalue weighted by molar-refractivity contribution is -0.120. The third-order valence-corrected chi connectivity index (χ3v) is 5.23. The van der Waals surface area contributed by atoms with Crippen LogP contribution in [0.2, 0.25) is 5.02 Å². The van der Waals surface area contributed by atoms with Gasteiger partial charge in [-0.2, -0.15) is 0 Å². The summed E-state index contributed by atoms with van der Waals surface area (Å²) in [5.74, 6) is -0.935. The van der Waals surface area contributed by atoms with Gasteiger partial charge in [0.25, 0.3) is 11.8 Å². The first-order chi connectivity index (χ1) is 13.5. The number of anilines is 1. The van der Waals surface area contributed by atoms with Gasteiger partial charge in [-0.3, -0.25) is 9.59 Å². The quantitative estimate of drug-likeness (QED) is 0.731. The lowest BCUT2D eigenvalue weighted by Crippen LogP contribution is -2.34. The third-order valence-electron chi connectivity index (χ3n) is 5.00. The molecule has 0 spiro atoms. The summed E-state index contributed by atoms with van der Waals surface area (Å²) in [6.07, 6.45) is 1.89. The molecule has 0 atom stereocenters. The Morgan fingerprint density at radius 1 is 1.00 bits per heavy atom. The zero-order valence-electron chi connectivity index (χ0n) is 15.2. The van der Waals surface area contributed by atoms with Crippen LogP contribution in [0.15, 0.2) is 48.2 Å². The second-order valence-corrected chi connectivity index (χ2v) is 7.12. The van der Waals surface area contributed by atoms with Crippen LogP contribution >= 0.6 is 11.6 Å². The number of rotatable bonds is 4. The summed E-state index contributed by atoms with van der Waals surface area (Å²) in [5, 5.41) is 0.384. The summed E-state index contributed by atoms with van der Waals surface area (Å²) in [5.41, 5.74) is 1.41. The minimum atomic E-state index is -0.473. The molecule has 5 nitrogen and oxygen atoms in total. The van der Waals surface area contributed by atoms with Crippen molar-refractivity contribution in [1.82, 2.24) is 4.90 Å². The average Bonchev–Trinajstić information content (AvgIpc) is 3.29. The van der Waals surface area contributed by atoms with Gasteiger partial charge in [-0.1, -0.05) is 23.7 Å². The van der Waals surface area contributed by atoms with Crippen molar-refractivity contribution >= 4 is 34.7 Å². The van der Waals surface area contributed by atoms with E-state index in [0.29, 0.717) is 40.8 Å². The molecule has 2 aliphatic rings. The van der Waals surface area contributed by atoms with Gasteiger partial charge in [0.2, 0.25) is 0 Å². The average molecular weight is 401 g/mol. The van der Waals surface area contributed by atoms with Gasteiger partial charge in [-0.25, -0.2) is 9.29 Å². The molecule has 0 saturated carbocycles. The lowest BCUT2D eigenvalue weighted by atomic mass is 10.0. The molecule has 7 heteroatoms. The summed E-state index contributed by atoms with van der Waals surface area (Å²) in [6.45, 7) is 1.39. The molecule has 2 heterocycles. The SMILES string of the molecule is COc1ccc(Cl)cc1N1C(=O)C(c2ccc(F)cc2)=C(N2CCCC2)C1=O. The van der Waals surface area contributed by atoms with Crippen LogP contribution in [0, 0.1) is 5.82 Å². The van der Waals surface area contributed by atoms with Crippen molar-refractivity contribution in [3.63, 3.8) is 0 Å². The number of benzene rings is 2. The molecule has 0 unspecified atom stereocenters. The maximum Gasteiger partial charge on any atom is 0.282 e. The van der Waals surface area contributed by atoms with E-state index >= 15 is 0 Å². The van der Waals surface area contributed by atoms with Crippen LogP contribution in [-0.4, -0.2) is 36.9 Å². The molecule has 4 rings (SSSR count). The third kappa shape index (κ3) is 3.03. The Labute approximate surface area is 166 Å². The summed E-state index contributed by atoms with van der Waals surface area (Å²) >= 11 is 6.11. The molecule has 0 aromatic heterocycles. The van der Waals surface area contributed by atoms with Crippen molar-refractivity contribution in [2.45, 2.75) is 12.8 Å². The number of carbonyl (C=O) groups excluding carboxylic acids is 2. The fourth-order valence-electron chi connectivity index (χ4n) is 3.69. The van der Waals surface area contributed by atoms with Gasteiger partial charge in [0.05, 0.1) is 18.4 Å². The zero-order valence-corrected chi connectivity index (χ0v) is 16.0. The Kier molecular flexibility index (Phi) is 4.81. The predicted molar refractivity (Wildman–Crippen MR) is 105 cm³/mol. The van der Waals surface area contributed by atoms with E-state index in [-0.39, 0.29) is 5.57 Å². The number of ether oxygens (including phenoxy) is 1. The highest BCUT2D eigenvalue weighted by Gasteiger charge is 2.44. The van der Waals surface area contributed by atoms with E-state index < -0.39 is 17.6 Å². The fraction of sp³-hybridized carbons (Fsp3) is 0.238. The predicted octanol–water partition coefficient (Wildman–Crippen LogP) is 3.87. The molecule has 2 aliphatic heterocycles. The first-order valence-electron chi connectivity index (χ1n) is 8.98. The summed E-state index contributed by atoms with van der Waals surface area (Å²) in [4.78, 5) is 29.8. The number of amides is 2. The van der Waals surface area contributed by atoms with Crippen LogP contribution in [0.5, 0.6) is 5.75 Å². The fourth-order valence-corrected chi connectivity index (χ4v) is 3.85. The van der Waals surface area contributed by atoms with E-state index in [9.17, 15) is 14.0 Å². The molecule has 0 bridgehead atoms. The van der Waals surface area contributed by atoms with Crippen LogP contribution in [-0.2, 0) is 9.59 Å². The topological polar surface area (TPSA) is 49.9 Å². The molecule has 2 aromatic carbocycles. The summed E-state index contributed by atoms with van der Waals surface area (Å²) in [6, 6.07) is 10.4. The Balaban J connectivity index is 1.86. The van der Waals surface area contributed by atoms with E-state index in [2.05, 4.69) is 0 Å². The number of nitrogens with zero attached hydrogens (tertiary/aromatic N) is 2. The van der Waals surface area contributed by atoms with Gasteiger partial charge in [-0.15, -0.1) is 0 Å². The van der Waals surface area contributed by atoms with Crippen molar-refractivity contribution in [2.24, 2.45) is 0 Å². The first kappa shape index (κ1) is 18.5. The Hall–Kier alpha value is -2.86. The van der Waals surface area contributed by atoms with Crippen molar-refractivity contribution in [3.05, 3.63) is 64.6 Å². The number of methoxy groups -OCH3 is 1. The number of hydrogen-bond donors (Lipinski definition) is 0. The van der Waals surface area contributed by atoms with Gasteiger partial charge >= 0.3 is 0 Å². The van der Waals surface area contributed by atoms with E-state index in [1.807, 2.05) is 4.90 Å². The molecule has 0 N–H and O–H groups in total. The maximum absolute atomic E-state index is 13.4. The van der Waals surface area contributed by atoms with E-state index in [1.54, 1.807) is 12.1 Å². The highest BCUT2D eigenvalue weighted by atomic mass is 35.5. The normalized spacial score (nSPS) is 17.1. The molecule has 1 fully saturated rings. The largest absolute Gasteiger partial charge is 0.495 e. The Bertz CT molecular complexity index is 982. The van der Waals surface area contributed by atoms with E-state index in [4.69, 9.17) is 16.3 Å². The van der Waals surface area contributed by atoms with Crippen LogP contribution in [0.25, 0.3) is 5.57 Å². The van der Waals surface area contributed by atoms with Gasteiger partial charge in [0.15, 0.2) is 0 Å². The number of imide groups is 1. The van der Waals surface area contributed by atoms with Gasteiger partial charge in [0, 0.05) is 18.1 Å². The highest BCUT2D eigenvalue weighted by Crippen LogP contribution is 2.40. The lowest BCUT2D eigenvalue weighted by Gasteiger charge is -2.21. The van der Waals surface area contributed by atoms with Gasteiger partial charge < -0.3 is 9.64 Å². The molecule has 2 amide bonds. The second-order valence-electron chi connectivity index (χ2n) is 6.69. The minimum absolute atomic E-state index is 0.272. The van der Waals surface area contributed by atoms with Crippen molar-refractivity contribution < 1.29 is 18.7 Å². The number of hydrogen-bond acceptors (Lipinski definition) is 4. The zero-order chi connectivity index (χ0) is 19.8. The Morgan fingerprint density at radius 2 is 1.68 bits per heavy atom. The molecule has 1 saturated heterocycles. The van der Waals surface area contributed by atoms with Crippen molar-refractivity contribution in [1.29, 1.82) is 0 Å². The van der Waals surface area contributed by atoms with Crippen LogP contribution in [0.3, 0.4) is 0 Å². The molecular weight excluding hydrogens is 383 g/mol. The van der Waals surface area contributed by atoms with Crippen LogP contribution in [0.1, 0.15) is 18.4 Å². The summed E-state index contributed by atoms with van der Waals surface area (Å²) in [7, 11) is 1.47. The van der Waals surface area contributed by atoms with Crippen LogP contribution in [0.4, 0.5) is 10.1 Å². The second kappa shape index (κ2) is 7.28. The summed E-state index contributed by atoms with van der Waals surface area (Å²) < 4.78 is 18.8. The van der Waals surface area contributed by atoms with E-state index in [0.717, 1.165) is 17.7 Å². The van der Waals surface area contributed by atoms with Gasteiger partial charge in [0.1, 0.15) is 17.3 Å². The molecule has 28 heavy (non-hydrogen) atoms. The van der Waals surface area contributed by atoms with Crippen LogP contribution < -0.4 is 9.64 Å². The molecule has 144 valence electrons.